The number of nitrogens with two attached hydrogens (primary N) is 1. The van der Waals surface area contributed by atoms with E-state index in [9.17, 15) is 4.79 Å². The van der Waals surface area contributed by atoms with Gasteiger partial charge in [0.2, 0.25) is 5.91 Å². The van der Waals surface area contributed by atoms with Crippen molar-refractivity contribution >= 4 is 34.8 Å². The van der Waals surface area contributed by atoms with E-state index in [4.69, 9.17) is 28.9 Å². The summed E-state index contributed by atoms with van der Waals surface area (Å²) in [5.74, 6) is -0.0701. The van der Waals surface area contributed by atoms with Crippen LogP contribution in [0.4, 0.5) is 5.69 Å². The molecule has 1 unspecified atom stereocenters. The van der Waals surface area contributed by atoms with Crippen molar-refractivity contribution in [3.8, 4) is 0 Å². The second-order valence-electron chi connectivity index (χ2n) is 3.40. The number of halogens is 2. The molecular formula is C9H9Cl2N3O. The Hall–Kier alpha value is -0.840. The van der Waals surface area contributed by atoms with Gasteiger partial charge in [-0.3, -0.25) is 4.79 Å². The molecule has 6 heteroatoms. The summed E-state index contributed by atoms with van der Waals surface area (Å²) in [7, 11) is 0. The number of nitrogens with zero attached hydrogens (tertiary/aromatic N) is 2. The summed E-state index contributed by atoms with van der Waals surface area (Å²) >= 11 is 11.9. The Bertz CT molecular complexity index is 390. The van der Waals surface area contributed by atoms with Crippen LogP contribution in [0.2, 0.25) is 10.2 Å². The zero-order valence-electron chi connectivity index (χ0n) is 7.78. The van der Waals surface area contributed by atoms with Crippen LogP contribution in [0.1, 0.15) is 6.42 Å². The summed E-state index contributed by atoms with van der Waals surface area (Å²) in [6.45, 7) is 0.434. The smallest absolute Gasteiger partial charge is 0.228 e. The van der Waals surface area contributed by atoms with Crippen molar-refractivity contribution in [1.29, 1.82) is 0 Å². The molecule has 1 atom stereocenters. The Morgan fingerprint density at radius 3 is 2.80 bits per heavy atom. The summed E-state index contributed by atoms with van der Waals surface area (Å²) in [5.41, 5.74) is 6.14. The average molecular weight is 246 g/mol. The fraction of sp³-hybridized carbons (Fsp3) is 0.333. The number of hydrogen-bond acceptors (Lipinski definition) is 3. The topological polar surface area (TPSA) is 59.2 Å². The molecule has 1 aromatic heterocycles. The van der Waals surface area contributed by atoms with E-state index in [2.05, 4.69) is 4.98 Å². The number of hydrogen-bond donors (Lipinski definition) is 1. The van der Waals surface area contributed by atoms with Gasteiger partial charge < -0.3 is 10.6 Å². The molecule has 1 saturated heterocycles. The molecular weight excluding hydrogens is 237 g/mol. The summed E-state index contributed by atoms with van der Waals surface area (Å²) in [5, 5.41) is 0.641. The minimum absolute atomic E-state index is 0.0701. The monoisotopic (exact) mass is 245 g/mol. The Balaban J connectivity index is 2.41. The molecule has 1 aliphatic rings. The van der Waals surface area contributed by atoms with Crippen LogP contribution in [0.5, 0.6) is 0 Å². The lowest BCUT2D eigenvalue weighted by molar-refractivity contribution is -0.117. The molecule has 0 spiro atoms. The lowest BCUT2D eigenvalue weighted by Crippen LogP contribution is -2.28. The molecule has 80 valence electrons. The van der Waals surface area contributed by atoms with Crippen LogP contribution in [-0.2, 0) is 4.79 Å². The van der Waals surface area contributed by atoms with Gasteiger partial charge >= 0.3 is 0 Å². The molecule has 2 heterocycles. The third-order valence-corrected chi connectivity index (χ3v) is 2.84. The van der Waals surface area contributed by atoms with Gasteiger partial charge in [0.05, 0.1) is 5.02 Å². The van der Waals surface area contributed by atoms with E-state index >= 15 is 0 Å². The second-order valence-corrected chi connectivity index (χ2v) is 4.17. The van der Waals surface area contributed by atoms with Crippen LogP contribution in [-0.4, -0.2) is 23.5 Å². The fourth-order valence-electron chi connectivity index (χ4n) is 1.60. The molecule has 1 aromatic rings. The summed E-state index contributed by atoms with van der Waals surface area (Å²) in [4.78, 5) is 17.0. The highest BCUT2D eigenvalue weighted by Crippen LogP contribution is 2.33. The van der Waals surface area contributed by atoms with Gasteiger partial charge in [-0.15, -0.1) is 0 Å². The highest BCUT2D eigenvalue weighted by Gasteiger charge is 2.31. The van der Waals surface area contributed by atoms with Crippen molar-refractivity contribution in [3.63, 3.8) is 0 Å². The maximum atomic E-state index is 11.6. The van der Waals surface area contributed by atoms with Crippen molar-refractivity contribution in [3.05, 3.63) is 22.4 Å². The number of carbonyl (C=O) groups is 1. The molecule has 1 fully saturated rings. The molecule has 2 rings (SSSR count). The third kappa shape index (κ3) is 1.93. The fourth-order valence-corrected chi connectivity index (χ4v) is 2.15. The summed E-state index contributed by atoms with van der Waals surface area (Å²) < 4.78 is 0. The van der Waals surface area contributed by atoms with Gasteiger partial charge in [-0.2, -0.15) is 0 Å². The van der Waals surface area contributed by atoms with Crippen LogP contribution in [0.25, 0.3) is 0 Å². The molecule has 4 nitrogen and oxygen atoms in total. The van der Waals surface area contributed by atoms with Crippen molar-refractivity contribution < 1.29 is 4.79 Å². The predicted octanol–water partition coefficient (Wildman–Crippen LogP) is 1.45. The molecule has 1 aliphatic heterocycles. The van der Waals surface area contributed by atoms with Crippen molar-refractivity contribution in [2.45, 2.75) is 12.5 Å². The van der Waals surface area contributed by atoms with Gasteiger partial charge in [0.15, 0.2) is 5.15 Å². The number of pyridine rings is 1. The maximum absolute atomic E-state index is 11.6. The first-order chi connectivity index (χ1) is 7.09. The van der Waals surface area contributed by atoms with Crippen LogP contribution < -0.4 is 10.6 Å². The summed E-state index contributed by atoms with van der Waals surface area (Å²) in [6, 6.07) is 1.43. The first kappa shape index (κ1) is 10.7. The van der Waals surface area contributed by atoms with Crippen molar-refractivity contribution in [2.24, 2.45) is 5.73 Å². The Morgan fingerprint density at radius 2 is 2.27 bits per heavy atom. The highest BCUT2D eigenvalue weighted by molar-refractivity contribution is 6.39. The van der Waals surface area contributed by atoms with Gasteiger partial charge in [0.1, 0.15) is 5.69 Å². The molecule has 1 amide bonds. The largest absolute Gasteiger partial charge is 0.326 e. The lowest BCUT2D eigenvalue weighted by atomic mass is 10.3. The Morgan fingerprint density at radius 1 is 1.53 bits per heavy atom. The van der Waals surface area contributed by atoms with Gasteiger partial charge in [0, 0.05) is 25.2 Å². The van der Waals surface area contributed by atoms with Crippen LogP contribution in [0, 0.1) is 0 Å². The van der Waals surface area contributed by atoms with Crippen molar-refractivity contribution in [2.75, 3.05) is 11.4 Å². The minimum atomic E-state index is -0.162. The average Bonchev–Trinajstić information content (AvgIpc) is 2.45. The molecule has 2 N–H and O–H groups in total. The summed E-state index contributed by atoms with van der Waals surface area (Å²) in [6.07, 6.45) is 1.82. The third-order valence-electron chi connectivity index (χ3n) is 2.26. The number of amides is 1. The molecule has 0 bridgehead atoms. The molecule has 0 saturated carbocycles. The highest BCUT2D eigenvalue weighted by atomic mass is 35.5. The second kappa shape index (κ2) is 3.96. The first-order valence-electron chi connectivity index (χ1n) is 4.45. The van der Waals surface area contributed by atoms with Crippen molar-refractivity contribution in [1.82, 2.24) is 4.98 Å². The number of carbonyl (C=O) groups excluding carboxylic acids is 1. The Kier molecular flexibility index (Phi) is 2.82. The number of rotatable bonds is 1. The van der Waals surface area contributed by atoms with E-state index in [1.165, 1.54) is 11.1 Å². The van der Waals surface area contributed by atoms with E-state index in [0.29, 0.717) is 23.7 Å². The standard InChI is InChI=1S/C9H9Cl2N3O/c10-6-1-2-13-9(11)8(6)14-4-5(12)3-7(14)15/h1-2,5H,3-4,12H2. The first-order valence-corrected chi connectivity index (χ1v) is 5.21. The molecule has 0 aliphatic carbocycles. The molecule has 0 aromatic carbocycles. The SMILES string of the molecule is NC1CC(=O)N(c2c(Cl)ccnc2Cl)C1. The van der Waals surface area contributed by atoms with Gasteiger partial charge in [0.25, 0.3) is 0 Å². The predicted molar refractivity (Wildman–Crippen MR) is 59.2 cm³/mol. The van der Waals surface area contributed by atoms with E-state index < -0.39 is 0 Å². The minimum Gasteiger partial charge on any atom is -0.326 e. The maximum Gasteiger partial charge on any atom is 0.228 e. The number of anilines is 1. The molecule has 15 heavy (non-hydrogen) atoms. The normalized spacial score (nSPS) is 21.1. The lowest BCUT2D eigenvalue weighted by Gasteiger charge is -2.18. The van der Waals surface area contributed by atoms with E-state index in [1.54, 1.807) is 6.07 Å². The zero-order valence-corrected chi connectivity index (χ0v) is 9.29. The Labute approximate surface area is 97.0 Å². The van der Waals surface area contributed by atoms with Crippen LogP contribution >= 0.6 is 23.2 Å². The van der Waals surface area contributed by atoms with E-state index in [-0.39, 0.29) is 17.1 Å². The number of aromatic nitrogens is 1. The zero-order chi connectivity index (χ0) is 11.0. The molecule has 0 radical (unpaired) electrons. The van der Waals surface area contributed by atoms with Crippen LogP contribution in [0.15, 0.2) is 12.3 Å². The quantitative estimate of drug-likeness (QED) is 0.763. The van der Waals surface area contributed by atoms with E-state index in [1.807, 2.05) is 0 Å². The van der Waals surface area contributed by atoms with Gasteiger partial charge in [-0.1, -0.05) is 23.2 Å². The van der Waals surface area contributed by atoms with Gasteiger partial charge in [-0.05, 0) is 6.07 Å². The van der Waals surface area contributed by atoms with Gasteiger partial charge in [-0.25, -0.2) is 4.98 Å². The van der Waals surface area contributed by atoms with E-state index in [0.717, 1.165) is 0 Å². The van der Waals surface area contributed by atoms with Crippen LogP contribution in [0.3, 0.4) is 0 Å².